The maximum atomic E-state index is 11.6. The number of nitrogens with zero attached hydrogens (tertiary/aromatic N) is 2. The van der Waals surface area contributed by atoms with Crippen LogP contribution < -0.4 is 10.1 Å². The molecule has 0 aromatic carbocycles. The first-order valence-corrected chi connectivity index (χ1v) is 4.62. The van der Waals surface area contributed by atoms with E-state index < -0.39 is 0 Å². The molecule has 0 bridgehead atoms. The molecule has 1 aromatic heterocycles. The van der Waals surface area contributed by atoms with E-state index in [1.165, 1.54) is 7.11 Å². The molecule has 0 radical (unpaired) electrons. The summed E-state index contributed by atoms with van der Waals surface area (Å²) in [4.78, 5) is 11.6. The molecular formula is C9H15N3O2. The third kappa shape index (κ3) is 1.86. The summed E-state index contributed by atoms with van der Waals surface area (Å²) in [5, 5.41) is 6.76. The van der Waals surface area contributed by atoms with Crippen LogP contribution in [0, 0.1) is 0 Å². The lowest BCUT2D eigenvalue weighted by atomic mass is 10.3. The maximum Gasteiger partial charge on any atom is 0.273 e. The van der Waals surface area contributed by atoms with Crippen LogP contribution in [0.1, 0.15) is 24.3 Å². The molecule has 0 unspecified atom stereocenters. The molecule has 0 atom stereocenters. The fourth-order valence-corrected chi connectivity index (χ4v) is 1.23. The minimum atomic E-state index is -0.149. The van der Waals surface area contributed by atoms with Crippen LogP contribution in [0.15, 0.2) is 6.20 Å². The standard InChI is InChI=1S/C9H15N3O2/c1-4-10-9(13)8-7(14-3)6-11-12(8)5-2/h6H,4-5H2,1-3H3,(H,10,13). The number of ether oxygens (including phenoxy) is 1. The van der Waals surface area contributed by atoms with Crippen LogP contribution in [0.5, 0.6) is 5.75 Å². The van der Waals surface area contributed by atoms with E-state index in [0.717, 1.165) is 0 Å². The third-order valence-corrected chi connectivity index (χ3v) is 1.88. The van der Waals surface area contributed by atoms with Gasteiger partial charge in [-0.05, 0) is 13.8 Å². The molecule has 78 valence electrons. The normalized spacial score (nSPS) is 9.93. The molecule has 1 N–H and O–H groups in total. The number of methoxy groups -OCH3 is 1. The van der Waals surface area contributed by atoms with E-state index in [1.807, 2.05) is 13.8 Å². The molecule has 5 heteroatoms. The molecule has 0 aliphatic carbocycles. The van der Waals surface area contributed by atoms with Crippen molar-refractivity contribution in [2.45, 2.75) is 20.4 Å². The van der Waals surface area contributed by atoms with Crippen molar-refractivity contribution in [2.75, 3.05) is 13.7 Å². The van der Waals surface area contributed by atoms with Crippen LogP contribution in [-0.4, -0.2) is 29.3 Å². The average Bonchev–Trinajstić information content (AvgIpc) is 2.60. The number of carbonyl (C=O) groups is 1. The summed E-state index contributed by atoms with van der Waals surface area (Å²) < 4.78 is 6.67. The quantitative estimate of drug-likeness (QED) is 0.771. The fraction of sp³-hybridized carbons (Fsp3) is 0.556. The SMILES string of the molecule is CCNC(=O)c1c(OC)cnn1CC. The highest BCUT2D eigenvalue weighted by atomic mass is 16.5. The van der Waals surface area contributed by atoms with Crippen LogP contribution in [0.3, 0.4) is 0 Å². The second kappa shape index (κ2) is 4.64. The molecule has 0 saturated carbocycles. The highest BCUT2D eigenvalue weighted by Gasteiger charge is 2.17. The van der Waals surface area contributed by atoms with Crippen molar-refractivity contribution in [1.82, 2.24) is 15.1 Å². The number of aryl methyl sites for hydroxylation is 1. The summed E-state index contributed by atoms with van der Waals surface area (Å²) >= 11 is 0. The minimum absolute atomic E-state index is 0.149. The number of carbonyl (C=O) groups excluding carboxylic acids is 1. The van der Waals surface area contributed by atoms with Gasteiger partial charge in [0, 0.05) is 13.1 Å². The van der Waals surface area contributed by atoms with E-state index in [0.29, 0.717) is 24.5 Å². The first-order valence-electron chi connectivity index (χ1n) is 4.62. The zero-order valence-electron chi connectivity index (χ0n) is 8.70. The van der Waals surface area contributed by atoms with E-state index >= 15 is 0 Å². The van der Waals surface area contributed by atoms with Crippen molar-refractivity contribution in [3.63, 3.8) is 0 Å². The Morgan fingerprint density at radius 1 is 1.64 bits per heavy atom. The minimum Gasteiger partial charge on any atom is -0.493 e. The summed E-state index contributed by atoms with van der Waals surface area (Å²) in [6.07, 6.45) is 1.55. The molecule has 5 nitrogen and oxygen atoms in total. The monoisotopic (exact) mass is 197 g/mol. The van der Waals surface area contributed by atoms with E-state index in [4.69, 9.17) is 4.74 Å². The number of rotatable bonds is 4. The predicted octanol–water partition coefficient (Wildman–Crippen LogP) is 0.661. The molecule has 1 amide bonds. The average molecular weight is 197 g/mol. The zero-order chi connectivity index (χ0) is 10.6. The Hall–Kier alpha value is -1.52. The molecule has 0 aliphatic rings. The first kappa shape index (κ1) is 10.6. The second-order valence-electron chi connectivity index (χ2n) is 2.74. The Bertz CT molecular complexity index is 298. The smallest absolute Gasteiger partial charge is 0.273 e. The summed E-state index contributed by atoms with van der Waals surface area (Å²) in [7, 11) is 1.53. The molecule has 1 heterocycles. The molecule has 0 spiro atoms. The van der Waals surface area contributed by atoms with Gasteiger partial charge in [-0.15, -0.1) is 0 Å². The van der Waals surface area contributed by atoms with Gasteiger partial charge >= 0.3 is 0 Å². The lowest BCUT2D eigenvalue weighted by molar-refractivity contribution is 0.0942. The highest BCUT2D eigenvalue weighted by molar-refractivity contribution is 5.95. The number of amides is 1. The van der Waals surface area contributed by atoms with Crippen molar-refractivity contribution in [2.24, 2.45) is 0 Å². The largest absolute Gasteiger partial charge is 0.493 e. The Labute approximate surface area is 83.1 Å². The predicted molar refractivity (Wildman–Crippen MR) is 52.5 cm³/mol. The van der Waals surface area contributed by atoms with Gasteiger partial charge in [-0.3, -0.25) is 9.48 Å². The van der Waals surface area contributed by atoms with Crippen molar-refractivity contribution in [3.05, 3.63) is 11.9 Å². The van der Waals surface area contributed by atoms with E-state index in [1.54, 1.807) is 10.9 Å². The lowest BCUT2D eigenvalue weighted by Crippen LogP contribution is -2.26. The summed E-state index contributed by atoms with van der Waals surface area (Å²) in [5.74, 6) is 0.363. The maximum absolute atomic E-state index is 11.6. The van der Waals surface area contributed by atoms with Crippen LogP contribution in [0.25, 0.3) is 0 Å². The van der Waals surface area contributed by atoms with Gasteiger partial charge in [0.15, 0.2) is 11.4 Å². The zero-order valence-corrected chi connectivity index (χ0v) is 8.70. The van der Waals surface area contributed by atoms with E-state index in [-0.39, 0.29) is 5.91 Å². The molecule has 0 saturated heterocycles. The fourth-order valence-electron chi connectivity index (χ4n) is 1.23. The Balaban J connectivity index is 3.01. The van der Waals surface area contributed by atoms with E-state index in [9.17, 15) is 4.79 Å². The van der Waals surface area contributed by atoms with Gasteiger partial charge in [0.25, 0.3) is 5.91 Å². The summed E-state index contributed by atoms with van der Waals surface area (Å²) in [6, 6.07) is 0. The lowest BCUT2D eigenvalue weighted by Gasteiger charge is -2.06. The molecule has 0 aliphatic heterocycles. The Kier molecular flexibility index (Phi) is 3.50. The third-order valence-electron chi connectivity index (χ3n) is 1.88. The van der Waals surface area contributed by atoms with Gasteiger partial charge < -0.3 is 10.1 Å². The van der Waals surface area contributed by atoms with Crippen LogP contribution in [0.2, 0.25) is 0 Å². The summed E-state index contributed by atoms with van der Waals surface area (Å²) in [5.41, 5.74) is 0.483. The van der Waals surface area contributed by atoms with Gasteiger partial charge in [0.05, 0.1) is 13.3 Å². The number of hydrogen-bond acceptors (Lipinski definition) is 3. The molecular weight excluding hydrogens is 182 g/mol. The Morgan fingerprint density at radius 3 is 2.86 bits per heavy atom. The van der Waals surface area contributed by atoms with Crippen molar-refractivity contribution in [1.29, 1.82) is 0 Å². The molecule has 1 rings (SSSR count). The second-order valence-corrected chi connectivity index (χ2v) is 2.74. The van der Waals surface area contributed by atoms with Crippen molar-refractivity contribution >= 4 is 5.91 Å². The summed E-state index contributed by atoms with van der Waals surface area (Å²) in [6.45, 7) is 5.04. The van der Waals surface area contributed by atoms with Crippen molar-refractivity contribution in [3.8, 4) is 5.75 Å². The van der Waals surface area contributed by atoms with Crippen LogP contribution >= 0.6 is 0 Å². The molecule has 0 fully saturated rings. The van der Waals surface area contributed by atoms with Gasteiger partial charge in [0.1, 0.15) is 0 Å². The Morgan fingerprint density at radius 2 is 2.36 bits per heavy atom. The van der Waals surface area contributed by atoms with Crippen LogP contribution in [-0.2, 0) is 6.54 Å². The number of aromatic nitrogens is 2. The topological polar surface area (TPSA) is 56.1 Å². The number of nitrogens with one attached hydrogen (secondary N) is 1. The van der Waals surface area contributed by atoms with Gasteiger partial charge in [0.2, 0.25) is 0 Å². The van der Waals surface area contributed by atoms with Crippen LogP contribution in [0.4, 0.5) is 0 Å². The molecule has 1 aromatic rings. The van der Waals surface area contributed by atoms with Gasteiger partial charge in [-0.2, -0.15) is 5.10 Å². The van der Waals surface area contributed by atoms with Crippen molar-refractivity contribution < 1.29 is 9.53 Å². The van der Waals surface area contributed by atoms with Gasteiger partial charge in [-0.1, -0.05) is 0 Å². The number of hydrogen-bond donors (Lipinski definition) is 1. The molecule has 14 heavy (non-hydrogen) atoms. The highest BCUT2D eigenvalue weighted by Crippen LogP contribution is 2.16. The first-order chi connectivity index (χ1) is 6.74. The van der Waals surface area contributed by atoms with E-state index in [2.05, 4.69) is 10.4 Å². The van der Waals surface area contributed by atoms with Gasteiger partial charge in [-0.25, -0.2) is 0 Å².